The molecule has 0 aliphatic heterocycles. The predicted octanol–water partition coefficient (Wildman–Crippen LogP) is 3.65. The van der Waals surface area contributed by atoms with Crippen molar-refractivity contribution in [1.82, 2.24) is 0 Å². The van der Waals surface area contributed by atoms with E-state index in [1.54, 1.807) is 0 Å². The molecule has 0 radical (unpaired) electrons. The molecule has 3 heteroatoms. The summed E-state index contributed by atoms with van der Waals surface area (Å²) in [5, 5.41) is 0. The van der Waals surface area contributed by atoms with E-state index in [0.29, 0.717) is 0 Å². The van der Waals surface area contributed by atoms with Crippen molar-refractivity contribution in [2.45, 2.75) is 13.8 Å². The quantitative estimate of drug-likeness (QED) is 0.351. The Morgan fingerprint density at radius 2 is 2.00 bits per heavy atom. The molecule has 0 atom stereocenters. The second-order valence-corrected chi connectivity index (χ2v) is 28.3. The zero-order chi connectivity index (χ0) is 8.41. The maximum absolute atomic E-state index is 5.29. The minimum atomic E-state index is -0.0700. The Bertz CT molecular complexity index is 99.8. The average molecular weight is 438 g/mol. The molecule has 0 aromatic rings. The Hall–Kier alpha value is 1.91. The van der Waals surface area contributed by atoms with Gasteiger partial charge in [-0.2, -0.15) is 0 Å². The van der Waals surface area contributed by atoms with Crippen LogP contribution in [0.3, 0.4) is 0 Å². The number of halogens is 2. The fourth-order valence-corrected chi connectivity index (χ4v) is 0.248. The molecule has 0 aliphatic carbocycles. The van der Waals surface area contributed by atoms with E-state index in [0.717, 1.165) is 5.57 Å². The molecule has 0 nitrogen and oxygen atoms in total. The third kappa shape index (κ3) is 22.5. The van der Waals surface area contributed by atoms with Crippen molar-refractivity contribution in [3.05, 3.63) is 30.7 Å². The molecule has 10 heavy (non-hydrogen) atoms. The number of hydrogen-bond donors (Lipinski definition) is 0. The molecule has 0 amide bonds. The van der Waals surface area contributed by atoms with Crippen molar-refractivity contribution < 1.29 is 19.6 Å². The minimum absolute atomic E-state index is 0.0700. The van der Waals surface area contributed by atoms with Crippen LogP contribution in [0.2, 0.25) is 0 Å². The Kier molecular flexibility index (Phi) is 19.5. The number of allylic oxidation sites excluding steroid dienone is 3. The first-order chi connectivity index (χ1) is 4.68. The van der Waals surface area contributed by atoms with Gasteiger partial charge in [-0.3, -0.25) is 6.58 Å². The van der Waals surface area contributed by atoms with Gasteiger partial charge in [-0.1, -0.05) is 6.92 Å². The van der Waals surface area contributed by atoms with E-state index >= 15 is 0 Å². The molecule has 0 aromatic carbocycles. The van der Waals surface area contributed by atoms with E-state index < -0.39 is 0 Å². The molecule has 0 fully saturated rings. The fourth-order valence-electron chi connectivity index (χ4n) is 0.248. The van der Waals surface area contributed by atoms with Gasteiger partial charge in [-0.25, -0.2) is 24.1 Å². The monoisotopic (exact) mass is 438 g/mol. The Morgan fingerprint density at radius 1 is 1.60 bits per heavy atom. The zero-order valence-electron chi connectivity index (χ0n) is 6.27. The van der Waals surface area contributed by atoms with Gasteiger partial charge in [0.2, 0.25) is 0 Å². The second-order valence-electron chi connectivity index (χ2n) is 1.54. The fraction of sp³-hybridized carbons (Fsp3) is 0.286. The van der Waals surface area contributed by atoms with Gasteiger partial charge in [0, 0.05) is 0 Å². The van der Waals surface area contributed by atoms with Crippen molar-refractivity contribution in [1.29, 1.82) is 0 Å². The van der Waals surface area contributed by atoms with Crippen LogP contribution in [0, 0.1) is 13.0 Å². The molecule has 0 rings (SSSR count). The summed E-state index contributed by atoms with van der Waals surface area (Å²) in [5.74, 6) is 0. The predicted molar refractivity (Wildman–Crippen MR) is 62.0 cm³/mol. The summed E-state index contributed by atoms with van der Waals surface area (Å²) in [6, 6.07) is 0. The first kappa shape index (κ1) is 14.4. The standard InChI is InChI=1S/C7H10.2HI.Y.H/c1-4-5-6-7(2)3;;;;/h2,4-6H,1,3H3;2*1H;;/q-2;;;+2;/p-2/b6-5-;;;;. The number of hydrogen-bond acceptors (Lipinski definition) is 0. The van der Waals surface area contributed by atoms with Crippen LogP contribution in [0.5, 0.6) is 0 Å². The van der Waals surface area contributed by atoms with E-state index in [1.807, 2.05) is 32.4 Å². The van der Waals surface area contributed by atoms with E-state index in [2.05, 4.69) is 32.7 Å². The summed E-state index contributed by atoms with van der Waals surface area (Å²) in [5.41, 5.74) is 0.845. The van der Waals surface area contributed by atoms with Gasteiger partial charge < -0.3 is 0 Å². The van der Waals surface area contributed by atoms with Gasteiger partial charge in [0.05, 0.1) is 0 Å². The summed E-state index contributed by atoms with van der Waals surface area (Å²) < 4.78 is 0. The van der Waals surface area contributed by atoms with E-state index in [9.17, 15) is 0 Å². The van der Waals surface area contributed by atoms with Gasteiger partial charge in [0.1, 0.15) is 0 Å². The molecule has 58 valence electrons. The van der Waals surface area contributed by atoms with E-state index in [4.69, 9.17) is 6.58 Å². The molecular weight excluding hydrogens is 427 g/mol. The Labute approximate surface area is 94.9 Å². The molecule has 0 aliphatic rings. The van der Waals surface area contributed by atoms with Crippen molar-refractivity contribution >= 4 is 32.7 Å². The van der Waals surface area contributed by atoms with Crippen molar-refractivity contribution in [2.75, 3.05) is 0 Å². The van der Waals surface area contributed by atoms with Crippen LogP contribution in [-0.4, -0.2) is 0 Å². The second kappa shape index (κ2) is 13.5. The maximum atomic E-state index is 5.29. The van der Waals surface area contributed by atoms with Gasteiger partial charge in [0.25, 0.3) is 0 Å². The van der Waals surface area contributed by atoms with Crippen LogP contribution < -0.4 is 0 Å². The molecule has 0 spiro atoms. The van der Waals surface area contributed by atoms with Crippen molar-refractivity contribution in [2.24, 2.45) is 0 Å². The summed E-state index contributed by atoms with van der Waals surface area (Å²) in [4.78, 5) is 0. The van der Waals surface area contributed by atoms with Crippen LogP contribution in [0.4, 0.5) is 0 Å². The van der Waals surface area contributed by atoms with Crippen LogP contribution in [0.1, 0.15) is 13.8 Å². The molecule has 0 bridgehead atoms. The third-order valence-corrected chi connectivity index (χ3v) is 0.552. The normalized spacial score (nSPS) is 8.00. The SMILES string of the molecule is [CH-]=C(C)/C=C\[CH-]C.[I][YH][I]. The summed E-state index contributed by atoms with van der Waals surface area (Å²) in [6.45, 7) is 9.11. The molecule has 0 N–H and O–H groups in total. The Balaban J connectivity index is 0. The molecule has 0 heterocycles. The first-order valence-electron chi connectivity index (χ1n) is 2.86. The third-order valence-electron chi connectivity index (χ3n) is 0.552. The van der Waals surface area contributed by atoms with Gasteiger partial charge >= 0.3 is 52.3 Å². The van der Waals surface area contributed by atoms with E-state index in [1.165, 1.54) is 0 Å². The zero-order valence-corrected chi connectivity index (χ0v) is 14.1. The molecule has 0 unspecified atom stereocenters. The van der Waals surface area contributed by atoms with Gasteiger partial charge in [-0.05, 0) is 0 Å². The molecule has 0 saturated heterocycles. The Morgan fingerprint density at radius 3 is 2.10 bits per heavy atom. The van der Waals surface area contributed by atoms with Gasteiger partial charge in [0.15, 0.2) is 0 Å². The van der Waals surface area contributed by atoms with Crippen LogP contribution in [0.15, 0.2) is 17.7 Å². The molecule has 0 saturated carbocycles. The molecular formula is C7H11I2Y-2. The van der Waals surface area contributed by atoms with E-state index in [-0.39, 0.29) is 19.6 Å². The first-order valence-corrected chi connectivity index (χ1v) is 23.5. The van der Waals surface area contributed by atoms with Crippen LogP contribution in [0.25, 0.3) is 0 Å². The summed E-state index contributed by atoms with van der Waals surface area (Å²) in [7, 11) is 0. The van der Waals surface area contributed by atoms with Crippen molar-refractivity contribution in [3.8, 4) is 0 Å². The average Bonchev–Trinajstić information content (AvgIpc) is 1.85. The van der Waals surface area contributed by atoms with Crippen LogP contribution >= 0.6 is 32.7 Å². The van der Waals surface area contributed by atoms with Gasteiger partial charge in [-0.15, -0.1) is 6.92 Å². The van der Waals surface area contributed by atoms with Crippen LogP contribution in [-0.2, 0) is 19.6 Å². The number of rotatable bonds is 2. The van der Waals surface area contributed by atoms with Crippen molar-refractivity contribution in [3.63, 3.8) is 0 Å². The molecule has 0 aromatic heterocycles. The summed E-state index contributed by atoms with van der Waals surface area (Å²) >= 11 is 4.90. The topological polar surface area (TPSA) is 0 Å². The summed E-state index contributed by atoms with van der Waals surface area (Å²) in [6.07, 6.45) is 5.71.